The van der Waals surface area contributed by atoms with E-state index in [0.717, 1.165) is 23.2 Å². The number of hydrogen-bond acceptors (Lipinski definition) is 3. The summed E-state index contributed by atoms with van der Waals surface area (Å²) in [4.78, 5) is 14.5. The number of nitrogens with zero attached hydrogens (tertiary/aromatic N) is 1. The van der Waals surface area contributed by atoms with Crippen molar-refractivity contribution < 1.29 is 9.53 Å². The van der Waals surface area contributed by atoms with Gasteiger partial charge in [0.25, 0.3) is 0 Å². The standard InChI is InChI=1S/C19H28BrNO2/c1-19(2,3)10-9-14-6-5-11-21(13-14)17-8-7-15(20)12-16(17)18(22)23-4/h7-8,12,14H,5-6,9-11,13H2,1-4H3/t14-/m1/s1. The Morgan fingerprint density at radius 3 is 2.78 bits per heavy atom. The van der Waals surface area contributed by atoms with E-state index in [1.165, 1.54) is 32.8 Å². The van der Waals surface area contributed by atoms with E-state index in [9.17, 15) is 4.79 Å². The monoisotopic (exact) mass is 381 g/mol. The fourth-order valence-electron chi connectivity index (χ4n) is 3.21. The van der Waals surface area contributed by atoms with Crippen molar-refractivity contribution in [1.82, 2.24) is 0 Å². The first-order valence-corrected chi connectivity index (χ1v) is 9.22. The topological polar surface area (TPSA) is 29.5 Å². The van der Waals surface area contributed by atoms with Crippen LogP contribution in [0, 0.1) is 11.3 Å². The van der Waals surface area contributed by atoms with Crippen molar-refractivity contribution in [2.45, 2.75) is 46.5 Å². The molecule has 1 atom stereocenters. The number of halogens is 1. The number of methoxy groups -OCH3 is 1. The minimum Gasteiger partial charge on any atom is -0.465 e. The van der Waals surface area contributed by atoms with Gasteiger partial charge in [-0.15, -0.1) is 0 Å². The third-order valence-corrected chi connectivity index (χ3v) is 5.02. The van der Waals surface area contributed by atoms with Crippen LogP contribution in [0.3, 0.4) is 0 Å². The molecule has 0 N–H and O–H groups in total. The second-order valence-corrected chi connectivity index (χ2v) is 8.62. The van der Waals surface area contributed by atoms with Crippen molar-refractivity contribution in [3.8, 4) is 0 Å². The van der Waals surface area contributed by atoms with E-state index in [1.807, 2.05) is 18.2 Å². The van der Waals surface area contributed by atoms with E-state index in [0.29, 0.717) is 16.9 Å². The van der Waals surface area contributed by atoms with E-state index >= 15 is 0 Å². The van der Waals surface area contributed by atoms with E-state index in [2.05, 4.69) is 41.6 Å². The molecule has 0 saturated carbocycles. The molecular weight excluding hydrogens is 354 g/mol. The van der Waals surface area contributed by atoms with Crippen LogP contribution in [0.1, 0.15) is 56.8 Å². The summed E-state index contributed by atoms with van der Waals surface area (Å²) in [6, 6.07) is 5.89. The fourth-order valence-corrected chi connectivity index (χ4v) is 3.58. The molecule has 1 aromatic rings. The molecule has 128 valence electrons. The van der Waals surface area contributed by atoms with Gasteiger partial charge < -0.3 is 9.64 Å². The Bertz CT molecular complexity index is 551. The molecule has 0 aliphatic carbocycles. The fraction of sp³-hybridized carbons (Fsp3) is 0.632. The third kappa shape index (κ3) is 5.23. The molecule has 0 amide bonds. The molecule has 1 aliphatic heterocycles. The largest absolute Gasteiger partial charge is 0.465 e. The average Bonchev–Trinajstić information content (AvgIpc) is 2.51. The van der Waals surface area contributed by atoms with Gasteiger partial charge in [0.05, 0.1) is 18.4 Å². The maximum atomic E-state index is 12.1. The highest BCUT2D eigenvalue weighted by atomic mass is 79.9. The van der Waals surface area contributed by atoms with Crippen molar-refractivity contribution in [1.29, 1.82) is 0 Å². The van der Waals surface area contributed by atoms with Crippen LogP contribution in [-0.2, 0) is 4.74 Å². The van der Waals surface area contributed by atoms with Crippen molar-refractivity contribution >= 4 is 27.6 Å². The van der Waals surface area contributed by atoms with Gasteiger partial charge in [0, 0.05) is 17.6 Å². The van der Waals surface area contributed by atoms with Crippen LogP contribution in [-0.4, -0.2) is 26.2 Å². The van der Waals surface area contributed by atoms with Gasteiger partial charge in [0.1, 0.15) is 0 Å². The quantitative estimate of drug-likeness (QED) is 0.664. The van der Waals surface area contributed by atoms with Gasteiger partial charge in [-0.2, -0.15) is 0 Å². The predicted molar refractivity (Wildman–Crippen MR) is 99.1 cm³/mol. The van der Waals surface area contributed by atoms with Crippen molar-refractivity contribution in [3.05, 3.63) is 28.2 Å². The number of ether oxygens (including phenoxy) is 1. The molecule has 0 radical (unpaired) electrons. The number of carbonyl (C=O) groups is 1. The zero-order valence-corrected chi connectivity index (χ0v) is 16.3. The Morgan fingerprint density at radius 2 is 2.13 bits per heavy atom. The van der Waals surface area contributed by atoms with Gasteiger partial charge in [-0.3, -0.25) is 0 Å². The SMILES string of the molecule is COC(=O)c1cc(Br)ccc1N1CCC[C@H](CCC(C)(C)C)C1. The zero-order valence-electron chi connectivity index (χ0n) is 14.7. The molecule has 0 aromatic heterocycles. The Balaban J connectivity index is 2.13. The number of carbonyl (C=O) groups excluding carboxylic acids is 1. The molecule has 4 heteroatoms. The summed E-state index contributed by atoms with van der Waals surface area (Å²) in [7, 11) is 1.44. The average molecular weight is 382 g/mol. The normalized spacial score (nSPS) is 18.8. The zero-order chi connectivity index (χ0) is 17.0. The number of rotatable bonds is 4. The van der Waals surface area contributed by atoms with Gasteiger partial charge in [-0.25, -0.2) is 4.79 Å². The van der Waals surface area contributed by atoms with Gasteiger partial charge in [-0.1, -0.05) is 36.7 Å². The van der Waals surface area contributed by atoms with Gasteiger partial charge in [0.2, 0.25) is 0 Å². The lowest BCUT2D eigenvalue weighted by Crippen LogP contribution is -2.36. The van der Waals surface area contributed by atoms with Crippen LogP contribution in [0.15, 0.2) is 22.7 Å². The molecule has 1 aromatic carbocycles. The minimum atomic E-state index is -0.266. The van der Waals surface area contributed by atoms with Crippen molar-refractivity contribution in [3.63, 3.8) is 0 Å². The number of anilines is 1. The first-order valence-electron chi connectivity index (χ1n) is 8.43. The Labute approximate surface area is 148 Å². The second kappa shape index (κ2) is 7.69. The number of esters is 1. The molecule has 0 bridgehead atoms. The molecular formula is C19H28BrNO2. The molecule has 0 spiro atoms. The van der Waals surface area contributed by atoms with Gasteiger partial charge in [0.15, 0.2) is 0 Å². The summed E-state index contributed by atoms with van der Waals surface area (Å²) in [5.41, 5.74) is 2.04. The Kier molecular flexibility index (Phi) is 6.12. The summed E-state index contributed by atoms with van der Waals surface area (Å²) in [6.45, 7) is 8.95. The Hall–Kier alpha value is -1.03. The number of hydrogen-bond donors (Lipinski definition) is 0. The lowest BCUT2D eigenvalue weighted by molar-refractivity contribution is 0.0601. The highest BCUT2D eigenvalue weighted by molar-refractivity contribution is 9.10. The van der Waals surface area contributed by atoms with Crippen molar-refractivity contribution in [2.75, 3.05) is 25.1 Å². The maximum absolute atomic E-state index is 12.1. The first-order chi connectivity index (χ1) is 10.8. The van der Waals surface area contributed by atoms with Crippen LogP contribution < -0.4 is 4.90 Å². The second-order valence-electron chi connectivity index (χ2n) is 7.71. The summed E-state index contributed by atoms with van der Waals surface area (Å²) >= 11 is 3.45. The molecule has 1 fully saturated rings. The molecule has 2 rings (SSSR count). The van der Waals surface area contributed by atoms with Gasteiger partial charge >= 0.3 is 5.97 Å². The predicted octanol–water partition coefficient (Wildman–Crippen LogP) is 5.28. The molecule has 0 unspecified atom stereocenters. The van der Waals surface area contributed by atoms with Crippen LogP contribution in [0.2, 0.25) is 0 Å². The summed E-state index contributed by atoms with van der Waals surface area (Å²) in [6.07, 6.45) is 4.97. The maximum Gasteiger partial charge on any atom is 0.340 e. The lowest BCUT2D eigenvalue weighted by atomic mass is 9.84. The number of benzene rings is 1. The smallest absolute Gasteiger partial charge is 0.340 e. The summed E-state index contributed by atoms with van der Waals surface area (Å²) in [5, 5.41) is 0. The van der Waals surface area contributed by atoms with Crippen molar-refractivity contribution in [2.24, 2.45) is 11.3 Å². The Morgan fingerprint density at radius 1 is 1.39 bits per heavy atom. The molecule has 1 heterocycles. The van der Waals surface area contributed by atoms with E-state index < -0.39 is 0 Å². The van der Waals surface area contributed by atoms with Crippen LogP contribution in [0.4, 0.5) is 5.69 Å². The molecule has 23 heavy (non-hydrogen) atoms. The van der Waals surface area contributed by atoms with E-state index in [-0.39, 0.29) is 5.97 Å². The highest BCUT2D eigenvalue weighted by Gasteiger charge is 2.25. The van der Waals surface area contributed by atoms with E-state index in [1.54, 1.807) is 0 Å². The molecule has 1 aliphatic rings. The summed E-state index contributed by atoms with van der Waals surface area (Å²) in [5.74, 6) is 0.440. The minimum absolute atomic E-state index is 0.266. The first kappa shape index (κ1) is 18.3. The highest BCUT2D eigenvalue weighted by Crippen LogP contribution is 2.32. The van der Waals surface area contributed by atoms with Crippen LogP contribution in [0.5, 0.6) is 0 Å². The summed E-state index contributed by atoms with van der Waals surface area (Å²) < 4.78 is 5.86. The third-order valence-electron chi connectivity index (χ3n) is 4.53. The van der Waals surface area contributed by atoms with Crippen LogP contribution in [0.25, 0.3) is 0 Å². The number of piperidine rings is 1. The molecule has 1 saturated heterocycles. The van der Waals surface area contributed by atoms with E-state index in [4.69, 9.17) is 4.74 Å². The van der Waals surface area contributed by atoms with Crippen LogP contribution >= 0.6 is 15.9 Å². The molecule has 3 nitrogen and oxygen atoms in total. The van der Waals surface area contributed by atoms with Gasteiger partial charge in [-0.05, 0) is 55.2 Å². The lowest BCUT2D eigenvalue weighted by Gasteiger charge is -2.36.